The van der Waals surface area contributed by atoms with E-state index in [0.717, 1.165) is 0 Å². The SMILES string of the molecule is COc1ccc(Cl)cc1NC(=O)Cn1cc([N+](=O)[O-])nc1C. The Morgan fingerprint density at radius 2 is 2.27 bits per heavy atom. The summed E-state index contributed by atoms with van der Waals surface area (Å²) in [4.78, 5) is 25.9. The van der Waals surface area contributed by atoms with Crippen molar-refractivity contribution in [3.05, 3.63) is 45.4 Å². The summed E-state index contributed by atoms with van der Waals surface area (Å²) >= 11 is 5.88. The topological polar surface area (TPSA) is 99.3 Å². The Morgan fingerprint density at radius 3 is 2.86 bits per heavy atom. The lowest BCUT2D eigenvalue weighted by Crippen LogP contribution is -2.19. The summed E-state index contributed by atoms with van der Waals surface area (Å²) in [6.07, 6.45) is 1.21. The average Bonchev–Trinajstić information content (AvgIpc) is 2.80. The van der Waals surface area contributed by atoms with E-state index >= 15 is 0 Å². The van der Waals surface area contributed by atoms with E-state index in [1.54, 1.807) is 25.1 Å². The van der Waals surface area contributed by atoms with Crippen LogP contribution in [0.15, 0.2) is 24.4 Å². The number of benzene rings is 1. The smallest absolute Gasteiger partial charge is 0.381 e. The number of hydrogen-bond acceptors (Lipinski definition) is 5. The molecule has 0 fully saturated rings. The summed E-state index contributed by atoms with van der Waals surface area (Å²) in [6.45, 7) is 1.47. The molecule has 8 nitrogen and oxygen atoms in total. The molecule has 1 amide bonds. The summed E-state index contributed by atoms with van der Waals surface area (Å²) in [7, 11) is 1.47. The molecule has 9 heteroatoms. The number of nitrogens with one attached hydrogen (secondary N) is 1. The van der Waals surface area contributed by atoms with Crippen LogP contribution in [0, 0.1) is 17.0 Å². The molecule has 22 heavy (non-hydrogen) atoms. The molecular formula is C13H13ClN4O4. The Hall–Kier alpha value is -2.61. The number of ether oxygens (including phenoxy) is 1. The normalized spacial score (nSPS) is 10.3. The van der Waals surface area contributed by atoms with Crippen molar-refractivity contribution in [2.24, 2.45) is 0 Å². The summed E-state index contributed by atoms with van der Waals surface area (Å²) in [5.41, 5.74) is 0.423. The highest BCUT2D eigenvalue weighted by atomic mass is 35.5. The fraction of sp³-hybridized carbons (Fsp3) is 0.231. The number of methoxy groups -OCH3 is 1. The molecule has 0 radical (unpaired) electrons. The van der Waals surface area contributed by atoms with Gasteiger partial charge in [0.05, 0.1) is 12.8 Å². The Bertz CT molecular complexity index is 729. The average molecular weight is 325 g/mol. The number of aromatic nitrogens is 2. The first kappa shape index (κ1) is 15.8. The van der Waals surface area contributed by atoms with Crippen molar-refractivity contribution in [2.75, 3.05) is 12.4 Å². The van der Waals surface area contributed by atoms with E-state index < -0.39 is 4.92 Å². The van der Waals surface area contributed by atoms with E-state index in [9.17, 15) is 14.9 Å². The van der Waals surface area contributed by atoms with E-state index in [2.05, 4.69) is 10.3 Å². The van der Waals surface area contributed by atoms with E-state index in [1.807, 2.05) is 0 Å². The maximum absolute atomic E-state index is 12.1. The highest BCUT2D eigenvalue weighted by Gasteiger charge is 2.17. The van der Waals surface area contributed by atoms with Crippen LogP contribution in [0.25, 0.3) is 0 Å². The molecule has 1 aromatic heterocycles. The molecule has 1 aromatic carbocycles. The van der Waals surface area contributed by atoms with Crippen molar-refractivity contribution in [1.29, 1.82) is 0 Å². The van der Waals surface area contributed by atoms with Crippen LogP contribution in [0.1, 0.15) is 5.82 Å². The minimum Gasteiger partial charge on any atom is -0.495 e. The van der Waals surface area contributed by atoms with Gasteiger partial charge in [-0.05, 0) is 28.1 Å². The molecule has 0 saturated heterocycles. The fourth-order valence-corrected chi connectivity index (χ4v) is 2.03. The van der Waals surface area contributed by atoms with E-state index in [-0.39, 0.29) is 18.3 Å². The number of imidazole rings is 1. The van der Waals surface area contributed by atoms with E-state index in [4.69, 9.17) is 16.3 Å². The predicted octanol–water partition coefficient (Wildman–Crippen LogP) is 2.40. The number of carbonyl (C=O) groups is 1. The second-order valence-electron chi connectivity index (χ2n) is 4.42. The van der Waals surface area contributed by atoms with Gasteiger partial charge in [0.2, 0.25) is 11.7 Å². The molecule has 2 aromatic rings. The zero-order valence-electron chi connectivity index (χ0n) is 11.9. The van der Waals surface area contributed by atoms with Gasteiger partial charge in [-0.1, -0.05) is 11.6 Å². The number of anilines is 1. The third-order valence-electron chi connectivity index (χ3n) is 2.90. The summed E-state index contributed by atoms with van der Waals surface area (Å²) in [5, 5.41) is 13.8. The monoisotopic (exact) mass is 324 g/mol. The molecular weight excluding hydrogens is 312 g/mol. The van der Waals surface area contributed by atoms with Crippen LogP contribution in [0.5, 0.6) is 5.75 Å². The van der Waals surface area contributed by atoms with Crippen LogP contribution in [-0.2, 0) is 11.3 Å². The molecule has 0 spiro atoms. The van der Waals surface area contributed by atoms with Gasteiger partial charge in [-0.15, -0.1) is 0 Å². The number of hydrogen-bond donors (Lipinski definition) is 1. The number of aryl methyl sites for hydroxylation is 1. The van der Waals surface area contributed by atoms with E-state index in [1.165, 1.54) is 17.9 Å². The van der Waals surface area contributed by atoms with Gasteiger partial charge in [0.25, 0.3) is 0 Å². The lowest BCUT2D eigenvalue weighted by Gasteiger charge is -2.10. The van der Waals surface area contributed by atoms with Gasteiger partial charge in [-0.2, -0.15) is 0 Å². The number of nitro groups is 1. The lowest BCUT2D eigenvalue weighted by atomic mass is 10.3. The lowest BCUT2D eigenvalue weighted by molar-refractivity contribution is -0.389. The van der Waals surface area contributed by atoms with Gasteiger partial charge in [0.1, 0.15) is 18.5 Å². The molecule has 0 aliphatic heterocycles. The molecule has 0 atom stereocenters. The number of amides is 1. The van der Waals surface area contributed by atoms with Gasteiger partial charge in [0.15, 0.2) is 0 Å². The maximum atomic E-state index is 12.1. The molecule has 0 bridgehead atoms. The van der Waals surface area contributed by atoms with Crippen molar-refractivity contribution >= 4 is 29.0 Å². The first-order valence-corrected chi connectivity index (χ1v) is 6.60. The number of rotatable bonds is 5. The Labute approximate surface area is 130 Å². The highest BCUT2D eigenvalue weighted by Crippen LogP contribution is 2.27. The van der Waals surface area contributed by atoms with Crippen molar-refractivity contribution < 1.29 is 14.5 Å². The summed E-state index contributed by atoms with van der Waals surface area (Å²) < 4.78 is 6.52. The minimum absolute atomic E-state index is 0.109. The Morgan fingerprint density at radius 1 is 1.55 bits per heavy atom. The minimum atomic E-state index is -0.610. The van der Waals surface area contributed by atoms with Gasteiger partial charge in [0, 0.05) is 11.9 Å². The predicted molar refractivity (Wildman–Crippen MR) is 80.3 cm³/mol. The van der Waals surface area contributed by atoms with Crippen LogP contribution in [0.4, 0.5) is 11.5 Å². The molecule has 0 aliphatic carbocycles. The van der Waals surface area contributed by atoms with Crippen LogP contribution < -0.4 is 10.1 Å². The Balaban J connectivity index is 2.14. The number of halogens is 1. The first-order chi connectivity index (χ1) is 10.4. The van der Waals surface area contributed by atoms with Crippen molar-refractivity contribution in [3.8, 4) is 5.75 Å². The quantitative estimate of drug-likeness (QED) is 0.672. The third-order valence-corrected chi connectivity index (χ3v) is 3.14. The zero-order valence-corrected chi connectivity index (χ0v) is 12.6. The second-order valence-corrected chi connectivity index (χ2v) is 4.86. The van der Waals surface area contributed by atoms with Gasteiger partial charge in [-0.25, -0.2) is 0 Å². The van der Waals surface area contributed by atoms with E-state index in [0.29, 0.717) is 22.3 Å². The molecule has 0 aliphatic rings. The summed E-state index contributed by atoms with van der Waals surface area (Å²) in [6, 6.07) is 4.83. The standard InChI is InChI=1S/C13H13ClN4O4/c1-8-15-12(18(20)21)6-17(8)7-13(19)16-10-5-9(14)3-4-11(10)22-2/h3-6H,7H2,1-2H3,(H,16,19). The third kappa shape index (κ3) is 3.53. The highest BCUT2D eigenvalue weighted by molar-refractivity contribution is 6.31. The van der Waals surface area contributed by atoms with Crippen LogP contribution >= 0.6 is 11.6 Å². The molecule has 1 N–H and O–H groups in total. The molecule has 0 unspecified atom stereocenters. The first-order valence-electron chi connectivity index (χ1n) is 6.22. The van der Waals surface area contributed by atoms with Crippen LogP contribution in [0.3, 0.4) is 0 Å². The zero-order chi connectivity index (χ0) is 16.3. The maximum Gasteiger partial charge on any atom is 0.381 e. The molecule has 1 heterocycles. The fourth-order valence-electron chi connectivity index (χ4n) is 1.86. The second kappa shape index (κ2) is 6.44. The van der Waals surface area contributed by atoms with Crippen molar-refractivity contribution in [1.82, 2.24) is 9.55 Å². The van der Waals surface area contributed by atoms with Crippen molar-refractivity contribution in [3.63, 3.8) is 0 Å². The van der Waals surface area contributed by atoms with Crippen LogP contribution in [-0.4, -0.2) is 27.5 Å². The number of carbonyl (C=O) groups excluding carboxylic acids is 1. The number of nitrogens with zero attached hydrogens (tertiary/aromatic N) is 3. The van der Waals surface area contributed by atoms with Crippen molar-refractivity contribution in [2.45, 2.75) is 13.5 Å². The van der Waals surface area contributed by atoms with Gasteiger partial charge in [-0.3, -0.25) is 9.36 Å². The largest absolute Gasteiger partial charge is 0.495 e. The molecule has 2 rings (SSSR count). The summed E-state index contributed by atoms with van der Waals surface area (Å²) in [5.74, 6) is 0.160. The van der Waals surface area contributed by atoms with Gasteiger partial charge >= 0.3 is 5.82 Å². The molecule has 116 valence electrons. The molecule has 0 saturated carbocycles. The van der Waals surface area contributed by atoms with Gasteiger partial charge < -0.3 is 20.2 Å². The van der Waals surface area contributed by atoms with Crippen LogP contribution in [0.2, 0.25) is 5.02 Å². The Kier molecular flexibility index (Phi) is 4.62.